The van der Waals surface area contributed by atoms with E-state index in [1.165, 1.54) is 12.1 Å². The first-order valence-electron chi connectivity index (χ1n) is 6.84. The smallest absolute Gasteiger partial charge is 0.307 e. The molecule has 0 spiro atoms. The van der Waals surface area contributed by atoms with Gasteiger partial charge in [0.1, 0.15) is 5.75 Å². The number of aliphatic carboxylic acids is 1. The number of benzene rings is 1. The highest BCUT2D eigenvalue weighted by molar-refractivity contribution is 5.95. The summed E-state index contributed by atoms with van der Waals surface area (Å²) in [7, 11) is 0. The van der Waals surface area contributed by atoms with Gasteiger partial charge in [0.25, 0.3) is 0 Å². The van der Waals surface area contributed by atoms with E-state index in [0.29, 0.717) is 18.5 Å². The lowest BCUT2D eigenvalue weighted by atomic mass is 9.95. The first kappa shape index (κ1) is 14.4. The van der Waals surface area contributed by atoms with Crippen LogP contribution in [0.3, 0.4) is 0 Å². The first-order chi connectivity index (χ1) is 9.51. The molecular formula is C15H19NO4. The topological polar surface area (TPSA) is 86.6 Å². The van der Waals surface area contributed by atoms with E-state index >= 15 is 0 Å². The summed E-state index contributed by atoms with van der Waals surface area (Å²) in [6.45, 7) is 2.01. The number of phenols is 1. The van der Waals surface area contributed by atoms with Gasteiger partial charge in [0.15, 0.2) is 0 Å². The maximum atomic E-state index is 12.2. The number of hydrogen-bond donors (Lipinski definition) is 3. The minimum Gasteiger partial charge on any atom is -0.508 e. The number of rotatable bonds is 4. The predicted molar refractivity (Wildman–Crippen MR) is 74.4 cm³/mol. The van der Waals surface area contributed by atoms with Crippen LogP contribution in [0.5, 0.6) is 5.75 Å². The SMILES string of the molecule is CCC1CC(C(=O)O)C(C(=O)Nc2cccc(O)c2)C1. The Morgan fingerprint density at radius 2 is 2.00 bits per heavy atom. The molecule has 0 saturated heterocycles. The number of nitrogens with one attached hydrogen (secondary N) is 1. The van der Waals surface area contributed by atoms with Crippen molar-refractivity contribution in [3.05, 3.63) is 24.3 Å². The minimum atomic E-state index is -0.906. The third-order valence-corrected chi connectivity index (χ3v) is 4.01. The third-order valence-electron chi connectivity index (χ3n) is 4.01. The van der Waals surface area contributed by atoms with E-state index in [9.17, 15) is 19.8 Å². The molecule has 20 heavy (non-hydrogen) atoms. The normalized spacial score (nSPS) is 25.4. The Balaban J connectivity index is 2.09. The number of hydrogen-bond acceptors (Lipinski definition) is 3. The van der Waals surface area contributed by atoms with E-state index in [0.717, 1.165) is 6.42 Å². The van der Waals surface area contributed by atoms with Crippen LogP contribution in [0.4, 0.5) is 5.69 Å². The third kappa shape index (κ3) is 3.10. The van der Waals surface area contributed by atoms with Crippen molar-refractivity contribution in [3.63, 3.8) is 0 Å². The van der Waals surface area contributed by atoms with Gasteiger partial charge in [0.2, 0.25) is 5.91 Å². The van der Waals surface area contributed by atoms with Gasteiger partial charge in [-0.15, -0.1) is 0 Å². The maximum absolute atomic E-state index is 12.2. The summed E-state index contributed by atoms with van der Waals surface area (Å²) >= 11 is 0. The molecule has 2 rings (SSSR count). The number of aromatic hydroxyl groups is 1. The molecule has 0 heterocycles. The van der Waals surface area contributed by atoms with Gasteiger partial charge < -0.3 is 15.5 Å². The number of anilines is 1. The lowest BCUT2D eigenvalue weighted by Crippen LogP contribution is -2.29. The van der Waals surface area contributed by atoms with Crippen LogP contribution in [-0.4, -0.2) is 22.1 Å². The molecule has 3 atom stereocenters. The Labute approximate surface area is 117 Å². The second-order valence-electron chi connectivity index (χ2n) is 5.34. The van der Waals surface area contributed by atoms with Gasteiger partial charge in [-0.1, -0.05) is 19.4 Å². The summed E-state index contributed by atoms with van der Waals surface area (Å²) in [5.41, 5.74) is 0.485. The lowest BCUT2D eigenvalue weighted by molar-refractivity contribution is -0.145. The van der Waals surface area contributed by atoms with E-state index in [1.54, 1.807) is 12.1 Å². The number of carbonyl (C=O) groups excluding carboxylic acids is 1. The van der Waals surface area contributed by atoms with Gasteiger partial charge in [0.05, 0.1) is 11.8 Å². The standard InChI is InChI=1S/C15H19NO4/c1-2-9-6-12(13(7-9)15(19)20)14(18)16-10-4-3-5-11(17)8-10/h3-5,8-9,12-13,17H,2,6-7H2,1H3,(H,16,18)(H,19,20). The van der Waals surface area contributed by atoms with Gasteiger partial charge in [-0.3, -0.25) is 9.59 Å². The van der Waals surface area contributed by atoms with Crippen LogP contribution in [0.2, 0.25) is 0 Å². The lowest BCUT2D eigenvalue weighted by Gasteiger charge is -2.15. The van der Waals surface area contributed by atoms with Gasteiger partial charge >= 0.3 is 5.97 Å². The number of amides is 1. The van der Waals surface area contributed by atoms with Crippen molar-refractivity contribution in [2.45, 2.75) is 26.2 Å². The Hall–Kier alpha value is -2.04. The summed E-state index contributed by atoms with van der Waals surface area (Å²) < 4.78 is 0. The quantitative estimate of drug-likeness (QED) is 0.789. The Bertz CT molecular complexity index is 514. The second-order valence-corrected chi connectivity index (χ2v) is 5.34. The van der Waals surface area contributed by atoms with E-state index in [-0.39, 0.29) is 17.6 Å². The van der Waals surface area contributed by atoms with Crippen molar-refractivity contribution < 1.29 is 19.8 Å². The van der Waals surface area contributed by atoms with Crippen LogP contribution < -0.4 is 5.32 Å². The number of carboxylic acids is 1. The largest absolute Gasteiger partial charge is 0.508 e. The van der Waals surface area contributed by atoms with E-state index in [2.05, 4.69) is 5.32 Å². The van der Waals surface area contributed by atoms with Crippen LogP contribution >= 0.6 is 0 Å². The Morgan fingerprint density at radius 1 is 1.30 bits per heavy atom. The monoisotopic (exact) mass is 277 g/mol. The molecule has 0 radical (unpaired) electrons. The van der Waals surface area contributed by atoms with Gasteiger partial charge in [-0.05, 0) is 30.9 Å². The molecule has 5 heteroatoms. The number of carbonyl (C=O) groups is 2. The van der Waals surface area contributed by atoms with E-state index < -0.39 is 17.8 Å². The minimum absolute atomic E-state index is 0.0652. The summed E-state index contributed by atoms with van der Waals surface area (Å²) in [6, 6.07) is 6.25. The van der Waals surface area contributed by atoms with E-state index in [4.69, 9.17) is 0 Å². The molecule has 1 saturated carbocycles. The average molecular weight is 277 g/mol. The predicted octanol–water partition coefficient (Wildman–Crippen LogP) is 2.47. The highest BCUT2D eigenvalue weighted by Crippen LogP contribution is 2.39. The molecule has 3 N–H and O–H groups in total. The molecule has 1 aliphatic carbocycles. The maximum Gasteiger partial charge on any atom is 0.307 e. The second kappa shape index (κ2) is 5.94. The highest BCUT2D eigenvalue weighted by Gasteiger charge is 2.42. The first-order valence-corrected chi connectivity index (χ1v) is 6.84. The van der Waals surface area contributed by atoms with Crippen molar-refractivity contribution in [1.82, 2.24) is 0 Å². The average Bonchev–Trinajstić information content (AvgIpc) is 2.83. The molecule has 5 nitrogen and oxygen atoms in total. The molecular weight excluding hydrogens is 258 g/mol. The van der Waals surface area contributed by atoms with Crippen LogP contribution in [0, 0.1) is 17.8 Å². The number of carboxylic acid groups (broad SMARTS) is 1. The van der Waals surface area contributed by atoms with Crippen LogP contribution in [0.25, 0.3) is 0 Å². The fourth-order valence-electron chi connectivity index (χ4n) is 2.86. The highest BCUT2D eigenvalue weighted by atomic mass is 16.4. The van der Waals surface area contributed by atoms with Crippen molar-refractivity contribution >= 4 is 17.6 Å². The molecule has 108 valence electrons. The molecule has 0 aromatic heterocycles. The van der Waals surface area contributed by atoms with Gasteiger partial charge in [-0.2, -0.15) is 0 Å². The van der Waals surface area contributed by atoms with Gasteiger partial charge in [-0.25, -0.2) is 0 Å². The molecule has 1 fully saturated rings. The fraction of sp³-hybridized carbons (Fsp3) is 0.467. The Morgan fingerprint density at radius 3 is 2.60 bits per heavy atom. The van der Waals surface area contributed by atoms with Crippen LogP contribution in [-0.2, 0) is 9.59 Å². The fourth-order valence-corrected chi connectivity index (χ4v) is 2.86. The van der Waals surface area contributed by atoms with Crippen molar-refractivity contribution in [2.24, 2.45) is 17.8 Å². The molecule has 0 aliphatic heterocycles. The summed E-state index contributed by atoms with van der Waals surface area (Å²) in [5, 5.41) is 21.3. The zero-order valence-corrected chi connectivity index (χ0v) is 11.4. The van der Waals surface area contributed by atoms with Crippen LogP contribution in [0.1, 0.15) is 26.2 Å². The molecule has 1 aliphatic rings. The van der Waals surface area contributed by atoms with Crippen molar-refractivity contribution in [3.8, 4) is 5.75 Å². The Kier molecular flexibility index (Phi) is 4.27. The van der Waals surface area contributed by atoms with Crippen molar-refractivity contribution in [2.75, 3.05) is 5.32 Å². The zero-order chi connectivity index (χ0) is 14.7. The molecule has 3 unspecified atom stereocenters. The molecule has 1 aromatic carbocycles. The summed E-state index contributed by atoms with van der Waals surface area (Å²) in [6.07, 6.45) is 2.06. The summed E-state index contributed by atoms with van der Waals surface area (Å²) in [4.78, 5) is 23.5. The van der Waals surface area contributed by atoms with Crippen molar-refractivity contribution in [1.29, 1.82) is 0 Å². The molecule has 1 aromatic rings. The van der Waals surface area contributed by atoms with Crippen LogP contribution in [0.15, 0.2) is 24.3 Å². The molecule has 0 bridgehead atoms. The van der Waals surface area contributed by atoms with Gasteiger partial charge in [0, 0.05) is 11.8 Å². The summed E-state index contributed by atoms with van der Waals surface area (Å²) in [5.74, 6) is -1.94. The number of phenolic OH excluding ortho intramolecular Hbond substituents is 1. The van der Waals surface area contributed by atoms with E-state index in [1.807, 2.05) is 6.92 Å². The zero-order valence-electron chi connectivity index (χ0n) is 11.4. The molecule has 1 amide bonds.